The van der Waals surface area contributed by atoms with Crippen LogP contribution in [0.4, 0.5) is 11.4 Å². The summed E-state index contributed by atoms with van der Waals surface area (Å²) in [5, 5.41) is 6.82. The van der Waals surface area contributed by atoms with E-state index >= 15 is 0 Å². The monoisotopic (exact) mass is 308 g/mol. The molecule has 1 amide bonds. The lowest BCUT2D eigenvalue weighted by Gasteiger charge is -2.16. The Hall–Kier alpha value is -1.71. The summed E-state index contributed by atoms with van der Waals surface area (Å²) in [4.78, 5) is 12.1. The standard InChI is InChI=1S/C15H14Cl2N2O/c1-10(18-12-5-3-2-4-6-12)15(20)19-14-8-7-11(16)9-13(14)17/h2-10,18H,1H3,(H,19,20)/t10-/m1/s1. The van der Waals surface area contributed by atoms with Crippen molar-refractivity contribution in [3.05, 3.63) is 58.6 Å². The Balaban J connectivity index is 2.01. The third-order valence-corrected chi connectivity index (χ3v) is 3.29. The van der Waals surface area contributed by atoms with Crippen LogP contribution in [-0.4, -0.2) is 11.9 Å². The molecule has 0 aliphatic heterocycles. The summed E-state index contributed by atoms with van der Waals surface area (Å²) in [6.07, 6.45) is 0. The third-order valence-electron chi connectivity index (χ3n) is 2.74. The molecule has 0 unspecified atom stereocenters. The summed E-state index contributed by atoms with van der Waals surface area (Å²) < 4.78 is 0. The highest BCUT2D eigenvalue weighted by molar-refractivity contribution is 6.36. The second kappa shape index (κ2) is 6.64. The van der Waals surface area contributed by atoms with Crippen molar-refractivity contribution in [1.29, 1.82) is 0 Å². The average molecular weight is 309 g/mol. The molecule has 1 atom stereocenters. The van der Waals surface area contributed by atoms with Crippen LogP contribution in [-0.2, 0) is 4.79 Å². The van der Waals surface area contributed by atoms with Gasteiger partial charge in [-0.15, -0.1) is 0 Å². The van der Waals surface area contributed by atoms with Crippen LogP contribution in [0.3, 0.4) is 0 Å². The number of amides is 1. The molecule has 0 fully saturated rings. The molecule has 0 spiro atoms. The van der Waals surface area contributed by atoms with E-state index < -0.39 is 0 Å². The van der Waals surface area contributed by atoms with Gasteiger partial charge in [-0.25, -0.2) is 0 Å². The summed E-state index contributed by atoms with van der Waals surface area (Å²) in [6.45, 7) is 1.78. The van der Waals surface area contributed by atoms with E-state index in [2.05, 4.69) is 10.6 Å². The number of nitrogens with one attached hydrogen (secondary N) is 2. The number of para-hydroxylation sites is 1. The molecule has 0 bridgehead atoms. The molecule has 5 heteroatoms. The van der Waals surface area contributed by atoms with Crippen LogP contribution in [0.2, 0.25) is 10.0 Å². The number of hydrogen-bond acceptors (Lipinski definition) is 2. The first-order chi connectivity index (χ1) is 9.56. The number of anilines is 2. The molecule has 2 N–H and O–H groups in total. The van der Waals surface area contributed by atoms with Crippen molar-refractivity contribution < 1.29 is 4.79 Å². The predicted molar refractivity (Wildman–Crippen MR) is 84.6 cm³/mol. The maximum absolute atomic E-state index is 12.1. The molecule has 3 nitrogen and oxygen atoms in total. The van der Waals surface area contributed by atoms with Gasteiger partial charge in [-0.1, -0.05) is 41.4 Å². The molecule has 0 aliphatic carbocycles. The molecule has 0 aliphatic rings. The minimum absolute atomic E-state index is 0.168. The van der Waals surface area contributed by atoms with Crippen LogP contribution in [0.5, 0.6) is 0 Å². The largest absolute Gasteiger partial charge is 0.374 e. The minimum Gasteiger partial charge on any atom is -0.374 e. The zero-order valence-electron chi connectivity index (χ0n) is 10.9. The summed E-state index contributed by atoms with van der Waals surface area (Å²) in [7, 11) is 0. The number of carbonyl (C=O) groups is 1. The number of carbonyl (C=O) groups excluding carboxylic acids is 1. The van der Waals surface area contributed by atoms with Gasteiger partial charge in [-0.05, 0) is 37.3 Å². The van der Waals surface area contributed by atoms with Crippen molar-refractivity contribution in [2.24, 2.45) is 0 Å². The quantitative estimate of drug-likeness (QED) is 0.877. The summed E-state index contributed by atoms with van der Waals surface area (Å²) in [5.41, 5.74) is 1.43. The molecule has 0 saturated carbocycles. The van der Waals surface area contributed by atoms with E-state index in [1.165, 1.54) is 0 Å². The predicted octanol–water partition coefficient (Wildman–Crippen LogP) is 4.43. The van der Waals surface area contributed by atoms with Gasteiger partial charge < -0.3 is 10.6 Å². The summed E-state index contributed by atoms with van der Waals surface area (Å²) in [5.74, 6) is -0.168. The first-order valence-corrected chi connectivity index (χ1v) is 6.89. The van der Waals surface area contributed by atoms with Crippen molar-refractivity contribution in [2.75, 3.05) is 10.6 Å². The highest BCUT2D eigenvalue weighted by Gasteiger charge is 2.14. The summed E-state index contributed by atoms with van der Waals surface area (Å²) in [6, 6.07) is 14.1. The van der Waals surface area contributed by atoms with Crippen LogP contribution < -0.4 is 10.6 Å². The molecule has 0 saturated heterocycles. The van der Waals surface area contributed by atoms with Gasteiger partial charge in [0, 0.05) is 10.7 Å². The van der Waals surface area contributed by atoms with Gasteiger partial charge in [-0.3, -0.25) is 4.79 Å². The SMILES string of the molecule is C[C@@H](Nc1ccccc1)C(=O)Nc1ccc(Cl)cc1Cl. The minimum atomic E-state index is -0.385. The number of rotatable bonds is 4. The smallest absolute Gasteiger partial charge is 0.246 e. The van der Waals surface area contributed by atoms with Gasteiger partial charge >= 0.3 is 0 Å². The first kappa shape index (κ1) is 14.7. The van der Waals surface area contributed by atoms with Gasteiger partial charge in [0.1, 0.15) is 6.04 Å². The zero-order valence-corrected chi connectivity index (χ0v) is 12.4. The lowest BCUT2D eigenvalue weighted by atomic mass is 10.2. The lowest BCUT2D eigenvalue weighted by molar-refractivity contribution is -0.116. The second-order valence-electron chi connectivity index (χ2n) is 4.35. The average Bonchev–Trinajstić information content (AvgIpc) is 2.43. The highest BCUT2D eigenvalue weighted by Crippen LogP contribution is 2.25. The Bertz CT molecular complexity index is 602. The fraction of sp³-hybridized carbons (Fsp3) is 0.133. The van der Waals surface area contributed by atoms with Crippen LogP contribution >= 0.6 is 23.2 Å². The fourth-order valence-corrected chi connectivity index (χ4v) is 2.14. The Kier molecular flexibility index (Phi) is 4.88. The van der Waals surface area contributed by atoms with Gasteiger partial charge in [0.15, 0.2) is 0 Å². The zero-order chi connectivity index (χ0) is 14.5. The molecule has 2 aromatic carbocycles. The second-order valence-corrected chi connectivity index (χ2v) is 5.19. The molecule has 0 radical (unpaired) electrons. The van der Waals surface area contributed by atoms with Crippen molar-refractivity contribution in [1.82, 2.24) is 0 Å². The van der Waals surface area contributed by atoms with Gasteiger partial charge in [0.05, 0.1) is 10.7 Å². The normalized spacial score (nSPS) is 11.8. The van der Waals surface area contributed by atoms with E-state index in [1.54, 1.807) is 25.1 Å². The van der Waals surface area contributed by atoms with Crippen molar-refractivity contribution in [3.63, 3.8) is 0 Å². The van der Waals surface area contributed by atoms with E-state index in [1.807, 2.05) is 30.3 Å². The van der Waals surface area contributed by atoms with Crippen LogP contribution in [0.25, 0.3) is 0 Å². The molecule has 0 heterocycles. The van der Waals surface area contributed by atoms with Crippen LogP contribution in [0.15, 0.2) is 48.5 Å². The van der Waals surface area contributed by atoms with E-state index in [0.29, 0.717) is 15.7 Å². The maximum atomic E-state index is 12.1. The van der Waals surface area contributed by atoms with Crippen molar-refractivity contribution in [3.8, 4) is 0 Å². The number of halogens is 2. The number of benzene rings is 2. The summed E-state index contributed by atoms with van der Waals surface area (Å²) >= 11 is 11.8. The van der Waals surface area contributed by atoms with E-state index in [4.69, 9.17) is 23.2 Å². The molecule has 2 aromatic rings. The van der Waals surface area contributed by atoms with Crippen molar-refractivity contribution >= 4 is 40.5 Å². The van der Waals surface area contributed by atoms with Crippen molar-refractivity contribution in [2.45, 2.75) is 13.0 Å². The third kappa shape index (κ3) is 3.89. The highest BCUT2D eigenvalue weighted by atomic mass is 35.5. The van der Waals surface area contributed by atoms with Gasteiger partial charge in [-0.2, -0.15) is 0 Å². The van der Waals surface area contributed by atoms with Crippen LogP contribution in [0.1, 0.15) is 6.92 Å². The van der Waals surface area contributed by atoms with E-state index in [-0.39, 0.29) is 11.9 Å². The maximum Gasteiger partial charge on any atom is 0.246 e. The molecule has 2 rings (SSSR count). The van der Waals surface area contributed by atoms with E-state index in [0.717, 1.165) is 5.69 Å². The van der Waals surface area contributed by atoms with E-state index in [9.17, 15) is 4.79 Å². The van der Waals surface area contributed by atoms with Crippen LogP contribution in [0, 0.1) is 0 Å². The molecular formula is C15H14Cl2N2O. The number of hydrogen-bond donors (Lipinski definition) is 2. The lowest BCUT2D eigenvalue weighted by Crippen LogP contribution is -2.31. The molecular weight excluding hydrogens is 295 g/mol. The Morgan fingerprint density at radius 2 is 1.80 bits per heavy atom. The van der Waals surface area contributed by atoms with Gasteiger partial charge in [0.25, 0.3) is 0 Å². The Morgan fingerprint density at radius 1 is 1.10 bits per heavy atom. The Labute approximate surface area is 127 Å². The first-order valence-electron chi connectivity index (χ1n) is 6.14. The molecule has 20 heavy (non-hydrogen) atoms. The van der Waals surface area contributed by atoms with Gasteiger partial charge in [0.2, 0.25) is 5.91 Å². The molecule has 0 aromatic heterocycles. The topological polar surface area (TPSA) is 41.1 Å². The molecule has 104 valence electrons. The Morgan fingerprint density at radius 3 is 2.45 bits per heavy atom. The fourth-order valence-electron chi connectivity index (χ4n) is 1.68.